The number of halogens is 4. The highest BCUT2D eigenvalue weighted by atomic mass is 19.2. The van der Waals surface area contributed by atoms with Gasteiger partial charge in [-0.3, -0.25) is 0 Å². The highest BCUT2D eigenvalue weighted by Crippen LogP contribution is 2.48. The summed E-state index contributed by atoms with van der Waals surface area (Å²) in [7, 11) is 3.73. The lowest BCUT2D eigenvalue weighted by Crippen LogP contribution is -2.31. The summed E-state index contributed by atoms with van der Waals surface area (Å²) in [4.78, 5) is 14.2. The summed E-state index contributed by atoms with van der Waals surface area (Å²) in [5.74, 6) is -8.37. The van der Waals surface area contributed by atoms with Gasteiger partial charge in [-0.05, 0) is 143 Å². The van der Waals surface area contributed by atoms with Crippen LogP contribution < -0.4 is 20.1 Å². The highest BCUT2D eigenvalue weighted by molar-refractivity contribution is 6.00. The van der Waals surface area contributed by atoms with E-state index in [2.05, 4.69) is 20.8 Å². The topological polar surface area (TPSA) is 70.0 Å². The second-order valence-electron chi connectivity index (χ2n) is 14.6. The van der Waals surface area contributed by atoms with Gasteiger partial charge in [-0.1, -0.05) is 19.4 Å². The Kier molecular flexibility index (Phi) is 11.0. The number of carboxylic acid groups (broad SMARTS) is 1. The lowest BCUT2D eigenvalue weighted by molar-refractivity contribution is 0.0689. The van der Waals surface area contributed by atoms with Gasteiger partial charge < -0.3 is 19.8 Å². The fourth-order valence-electron chi connectivity index (χ4n) is 7.98. The zero-order valence-corrected chi connectivity index (χ0v) is 32.8. The largest absolute Gasteiger partial charge is 0.508 e. The van der Waals surface area contributed by atoms with Crippen molar-refractivity contribution < 1.29 is 37.3 Å². The summed E-state index contributed by atoms with van der Waals surface area (Å²) in [5.41, 5.74) is 9.01. The maximum Gasteiger partial charge on any atom is 0.339 e. The molecule has 0 saturated carbocycles. The van der Waals surface area contributed by atoms with Crippen LogP contribution in [0.25, 0.3) is 11.1 Å². The molecule has 0 bridgehead atoms. The van der Waals surface area contributed by atoms with Crippen LogP contribution in [0, 0.1) is 85.6 Å². The van der Waals surface area contributed by atoms with Crippen molar-refractivity contribution in [2.24, 2.45) is 0 Å². The molecule has 0 radical (unpaired) electrons. The number of anilines is 1. The molecule has 278 valence electrons. The van der Waals surface area contributed by atoms with Crippen molar-refractivity contribution in [3.63, 3.8) is 0 Å². The van der Waals surface area contributed by atoms with Gasteiger partial charge in [0.15, 0.2) is 23.3 Å². The molecule has 1 aliphatic heterocycles. The van der Waals surface area contributed by atoms with Crippen LogP contribution in [0.15, 0.2) is 6.07 Å². The zero-order valence-electron chi connectivity index (χ0n) is 32.8. The molecule has 5 nitrogen and oxygen atoms in total. The Labute approximate surface area is 303 Å². The number of nitrogens with zero attached hydrogens (tertiary/aromatic N) is 1. The summed E-state index contributed by atoms with van der Waals surface area (Å²) in [6, 6.07) is 1.84. The van der Waals surface area contributed by atoms with E-state index in [4.69, 9.17) is 4.74 Å². The number of carboxylic acids is 1. The van der Waals surface area contributed by atoms with Crippen molar-refractivity contribution in [2.45, 2.75) is 95.9 Å². The summed E-state index contributed by atoms with van der Waals surface area (Å²) < 4.78 is 66.7. The fraction of sp³-hybridized carbons (Fsp3) is 0.372. The first-order chi connectivity index (χ1) is 24.0. The van der Waals surface area contributed by atoms with Crippen molar-refractivity contribution in [3.8, 4) is 17.2 Å². The smallest absolute Gasteiger partial charge is 0.339 e. The summed E-state index contributed by atoms with van der Waals surface area (Å²) in [6.07, 6.45) is 0. The number of aromatic carboxylic acids is 1. The van der Waals surface area contributed by atoms with Crippen LogP contribution >= 0.6 is 0 Å². The third kappa shape index (κ3) is 6.22. The molecule has 52 heavy (non-hydrogen) atoms. The van der Waals surface area contributed by atoms with E-state index in [-0.39, 0.29) is 5.57 Å². The summed E-state index contributed by atoms with van der Waals surface area (Å²) in [5, 5.41) is 20.8. The van der Waals surface area contributed by atoms with Gasteiger partial charge >= 0.3 is 5.97 Å². The number of hydrogen-bond donors (Lipinski definition) is 2. The second-order valence-corrected chi connectivity index (χ2v) is 14.6. The monoisotopic (exact) mass is 719 g/mol. The van der Waals surface area contributed by atoms with Crippen molar-refractivity contribution in [2.75, 3.05) is 19.0 Å². The van der Waals surface area contributed by atoms with Gasteiger partial charge in [-0.25, -0.2) is 22.4 Å². The van der Waals surface area contributed by atoms with Gasteiger partial charge in [0.25, 0.3) is 0 Å². The van der Waals surface area contributed by atoms with E-state index in [1.165, 1.54) is 16.7 Å². The molecule has 0 amide bonds. The SMILES string of the molecule is CC(C)=c1c(C)c(C)c2c(c1C)Oc1c(C)c(N(C)C)c(C)c(C)c1C=2c1c(F)c(F)c(F)c(F)c1C(=O)O.Cc1cc(O)c(C)c(C(C)C)c1C. The van der Waals surface area contributed by atoms with Crippen LogP contribution in [0.2, 0.25) is 0 Å². The first-order valence-corrected chi connectivity index (χ1v) is 17.2. The number of carbonyl (C=O) groups is 1. The Morgan fingerprint density at radius 2 is 1.25 bits per heavy atom. The first kappa shape index (κ1) is 40.0. The number of fused-ring (bicyclic) bond motifs is 2. The molecular weight excluding hydrogens is 670 g/mol. The molecule has 5 rings (SSSR count). The molecule has 0 fully saturated rings. The molecule has 0 aromatic heterocycles. The van der Waals surface area contributed by atoms with Crippen molar-refractivity contribution in [1.82, 2.24) is 0 Å². The predicted octanol–water partition coefficient (Wildman–Crippen LogP) is 9.84. The minimum absolute atomic E-state index is 0.0445. The number of phenols is 1. The number of ether oxygens (including phenoxy) is 1. The summed E-state index contributed by atoms with van der Waals surface area (Å²) in [6.45, 7) is 25.3. The minimum atomic E-state index is -2.18. The Balaban J connectivity index is 0.000000392. The van der Waals surface area contributed by atoms with E-state index in [1.807, 2.05) is 80.5 Å². The fourth-order valence-corrected chi connectivity index (χ4v) is 7.98. The Morgan fingerprint density at radius 1 is 0.692 bits per heavy atom. The van der Waals surface area contributed by atoms with Gasteiger partial charge in [-0.15, -0.1) is 0 Å². The van der Waals surface area contributed by atoms with E-state index in [0.29, 0.717) is 56.2 Å². The van der Waals surface area contributed by atoms with Gasteiger partial charge in [0, 0.05) is 47.3 Å². The van der Waals surface area contributed by atoms with Crippen molar-refractivity contribution in [1.29, 1.82) is 0 Å². The van der Waals surface area contributed by atoms with E-state index >= 15 is 8.78 Å². The normalized spacial score (nSPS) is 11.9. The van der Waals surface area contributed by atoms with E-state index < -0.39 is 40.4 Å². The van der Waals surface area contributed by atoms with Crippen LogP contribution in [0.4, 0.5) is 23.2 Å². The molecule has 0 aliphatic carbocycles. The first-order valence-electron chi connectivity index (χ1n) is 17.2. The number of hydrogen-bond acceptors (Lipinski definition) is 4. The van der Waals surface area contributed by atoms with Crippen LogP contribution in [0.3, 0.4) is 0 Å². The quantitative estimate of drug-likeness (QED) is 0.110. The molecule has 0 saturated heterocycles. The van der Waals surface area contributed by atoms with Crippen LogP contribution in [-0.2, 0) is 0 Å². The Bertz CT molecular complexity index is 2290. The molecule has 2 N–H and O–H groups in total. The second kappa shape index (κ2) is 14.3. The molecular formula is C43H49F4NO4. The third-order valence-corrected chi connectivity index (χ3v) is 10.6. The minimum Gasteiger partial charge on any atom is -0.508 e. The van der Waals surface area contributed by atoms with Crippen LogP contribution in [0.1, 0.15) is 111 Å². The number of phenolic OH excluding ortho intramolecular Hbond substituents is 1. The van der Waals surface area contributed by atoms with E-state index in [1.54, 1.807) is 13.8 Å². The van der Waals surface area contributed by atoms with Gasteiger partial charge in [0.1, 0.15) is 22.8 Å². The van der Waals surface area contributed by atoms with Gasteiger partial charge in [-0.2, -0.15) is 0 Å². The molecule has 1 aliphatic rings. The lowest BCUT2D eigenvalue weighted by Gasteiger charge is -2.32. The third-order valence-electron chi connectivity index (χ3n) is 10.6. The lowest BCUT2D eigenvalue weighted by atomic mass is 9.81. The summed E-state index contributed by atoms with van der Waals surface area (Å²) >= 11 is 0. The van der Waals surface area contributed by atoms with Crippen LogP contribution in [-0.4, -0.2) is 30.3 Å². The Morgan fingerprint density at radius 3 is 1.75 bits per heavy atom. The molecule has 0 unspecified atom stereocenters. The van der Waals surface area contributed by atoms with Crippen LogP contribution in [0.5, 0.6) is 17.2 Å². The maximum absolute atomic E-state index is 15.8. The average Bonchev–Trinajstić information content (AvgIpc) is 3.05. The standard InChI is InChI=1S/C31H31F4NO3.C12H18O/c1-11(2)18-12(3)13(4)19-21(22-23(31(37)38)25(33)27(35)26(34)24(22)32)20-14(5)15(6)28(36(9)10)17(8)30(20)39-29(19)16(18)7;1-7(2)12-9(4)8(3)6-11(13)10(12)5/h1-10H3,(H,37,38);6-7,13H,1-5H3. The number of aryl methyl sites for hydroxylation is 1. The Hall–Kier alpha value is -4.79. The molecule has 4 aromatic rings. The average molecular weight is 720 g/mol. The molecule has 9 heteroatoms. The number of benzene rings is 4. The molecule has 0 atom stereocenters. The van der Waals surface area contributed by atoms with E-state index in [9.17, 15) is 23.8 Å². The van der Waals surface area contributed by atoms with Gasteiger partial charge in [0.05, 0.1) is 0 Å². The number of rotatable bonds is 4. The number of aromatic hydroxyl groups is 1. The predicted molar refractivity (Wildman–Crippen MR) is 201 cm³/mol. The van der Waals surface area contributed by atoms with Gasteiger partial charge in [0.2, 0.25) is 0 Å². The van der Waals surface area contributed by atoms with Crippen molar-refractivity contribution >= 4 is 22.8 Å². The molecule has 4 aromatic carbocycles. The van der Waals surface area contributed by atoms with E-state index in [0.717, 1.165) is 33.2 Å². The highest BCUT2D eigenvalue weighted by Gasteiger charge is 2.37. The molecule has 1 heterocycles. The maximum atomic E-state index is 15.8. The van der Waals surface area contributed by atoms with Crippen molar-refractivity contribution in [3.05, 3.63) is 112 Å². The zero-order chi connectivity index (χ0) is 39.6. The molecule has 0 spiro atoms.